The van der Waals surface area contributed by atoms with Gasteiger partial charge in [-0.25, -0.2) is 0 Å². The van der Waals surface area contributed by atoms with Crippen molar-refractivity contribution in [1.82, 2.24) is 10.6 Å². The zero-order valence-electron chi connectivity index (χ0n) is 10.0. The van der Waals surface area contributed by atoms with Gasteiger partial charge >= 0.3 is 0 Å². The second-order valence-electron chi connectivity index (χ2n) is 4.30. The molecule has 1 amide bonds. The Labute approximate surface area is 101 Å². The first-order valence-corrected chi connectivity index (χ1v) is 6.00. The molecule has 2 rings (SSSR count). The number of amides is 1. The largest absolute Gasteiger partial charge is 0.462 e. The Bertz CT molecular complexity index is 405. The summed E-state index contributed by atoms with van der Waals surface area (Å²) in [6, 6.07) is 4.40. The molecule has 2 N–H and O–H groups in total. The minimum absolute atomic E-state index is 0.0864. The number of carbonyl (C=O) groups is 1. The summed E-state index contributed by atoms with van der Waals surface area (Å²) in [4.78, 5) is 11.4. The maximum absolute atomic E-state index is 11.4. The predicted octanol–water partition coefficient (Wildman–Crippen LogP) is 1.47. The van der Waals surface area contributed by atoms with Gasteiger partial charge in [0.1, 0.15) is 11.5 Å². The van der Waals surface area contributed by atoms with Crippen LogP contribution in [0.5, 0.6) is 0 Å². The van der Waals surface area contributed by atoms with Crippen molar-refractivity contribution in [1.29, 1.82) is 0 Å². The molecule has 1 aromatic rings. The number of rotatable bonds is 6. The topological polar surface area (TPSA) is 54.3 Å². The molecule has 0 unspecified atom stereocenters. The van der Waals surface area contributed by atoms with Crippen LogP contribution in [0.4, 0.5) is 0 Å². The third kappa shape index (κ3) is 4.44. The summed E-state index contributed by atoms with van der Waals surface area (Å²) in [6.07, 6.45) is 5.71. The summed E-state index contributed by atoms with van der Waals surface area (Å²) < 4.78 is 5.32. The van der Waals surface area contributed by atoms with Crippen LogP contribution in [0.2, 0.25) is 0 Å². The van der Waals surface area contributed by atoms with E-state index in [-0.39, 0.29) is 5.91 Å². The van der Waals surface area contributed by atoms with Crippen molar-refractivity contribution in [2.45, 2.75) is 25.8 Å². The molecule has 4 nitrogen and oxygen atoms in total. The highest BCUT2D eigenvalue weighted by Crippen LogP contribution is 2.17. The maximum Gasteiger partial charge on any atom is 0.244 e. The number of carbonyl (C=O) groups excluding carboxylic acids is 1. The Morgan fingerprint density at radius 3 is 2.94 bits per heavy atom. The Hall–Kier alpha value is -1.55. The fourth-order valence-corrected chi connectivity index (χ4v) is 1.51. The molecule has 0 spiro atoms. The maximum atomic E-state index is 11.4. The molecule has 1 aliphatic rings. The van der Waals surface area contributed by atoms with Gasteiger partial charge in [0, 0.05) is 25.2 Å². The van der Waals surface area contributed by atoms with Crippen LogP contribution in [0.3, 0.4) is 0 Å². The van der Waals surface area contributed by atoms with E-state index in [2.05, 4.69) is 10.6 Å². The van der Waals surface area contributed by atoms with E-state index in [1.807, 2.05) is 19.1 Å². The molecule has 0 aromatic carbocycles. The van der Waals surface area contributed by atoms with E-state index < -0.39 is 0 Å². The first kappa shape index (κ1) is 11.9. The van der Waals surface area contributed by atoms with Crippen LogP contribution in [0.15, 0.2) is 22.6 Å². The van der Waals surface area contributed by atoms with Crippen LogP contribution in [0.25, 0.3) is 6.08 Å². The van der Waals surface area contributed by atoms with Crippen LogP contribution in [0.1, 0.15) is 24.4 Å². The molecule has 4 heteroatoms. The van der Waals surface area contributed by atoms with Gasteiger partial charge in [-0.05, 0) is 38.0 Å². The molecule has 92 valence electrons. The number of nitrogens with one attached hydrogen (secondary N) is 2. The summed E-state index contributed by atoms with van der Waals surface area (Å²) >= 11 is 0. The quantitative estimate of drug-likeness (QED) is 0.579. The molecule has 1 aromatic heterocycles. The fourth-order valence-electron chi connectivity index (χ4n) is 1.51. The van der Waals surface area contributed by atoms with E-state index >= 15 is 0 Å². The molecule has 0 radical (unpaired) electrons. The van der Waals surface area contributed by atoms with E-state index in [1.165, 1.54) is 18.9 Å². The van der Waals surface area contributed by atoms with Crippen molar-refractivity contribution in [3.8, 4) is 0 Å². The molecule has 1 aliphatic carbocycles. The zero-order chi connectivity index (χ0) is 12.1. The fraction of sp³-hybridized carbons (Fsp3) is 0.462. The van der Waals surface area contributed by atoms with Crippen molar-refractivity contribution >= 4 is 12.0 Å². The summed E-state index contributed by atoms with van der Waals surface area (Å²) in [5.41, 5.74) is 0. The van der Waals surface area contributed by atoms with E-state index in [0.717, 1.165) is 12.3 Å². The minimum Gasteiger partial charge on any atom is -0.462 e. The average molecular weight is 234 g/mol. The molecule has 1 fully saturated rings. The molecule has 0 aliphatic heterocycles. The van der Waals surface area contributed by atoms with Gasteiger partial charge in [-0.3, -0.25) is 4.79 Å². The lowest BCUT2D eigenvalue weighted by Gasteiger charge is -2.02. The van der Waals surface area contributed by atoms with Gasteiger partial charge in [0.25, 0.3) is 0 Å². The van der Waals surface area contributed by atoms with E-state index in [0.29, 0.717) is 18.3 Å². The molecule has 0 saturated heterocycles. The lowest BCUT2D eigenvalue weighted by atomic mass is 10.4. The smallest absolute Gasteiger partial charge is 0.244 e. The second-order valence-corrected chi connectivity index (χ2v) is 4.30. The van der Waals surface area contributed by atoms with Crippen molar-refractivity contribution < 1.29 is 9.21 Å². The zero-order valence-corrected chi connectivity index (χ0v) is 10.0. The van der Waals surface area contributed by atoms with Crippen LogP contribution in [0, 0.1) is 6.92 Å². The SMILES string of the molecule is Cc1ccc(/C=C/C(=O)NCCNC2CC2)o1. The summed E-state index contributed by atoms with van der Waals surface area (Å²) in [7, 11) is 0. The number of hydrogen-bond donors (Lipinski definition) is 2. The molecule has 0 bridgehead atoms. The molecule has 0 atom stereocenters. The van der Waals surface area contributed by atoms with Crippen LogP contribution in [-0.4, -0.2) is 25.0 Å². The summed E-state index contributed by atoms with van der Waals surface area (Å²) in [5, 5.41) is 6.14. The van der Waals surface area contributed by atoms with Gasteiger partial charge in [-0.1, -0.05) is 0 Å². The van der Waals surface area contributed by atoms with E-state index in [9.17, 15) is 4.79 Å². The number of hydrogen-bond acceptors (Lipinski definition) is 3. The van der Waals surface area contributed by atoms with Gasteiger partial charge in [0.05, 0.1) is 0 Å². The van der Waals surface area contributed by atoms with Crippen molar-refractivity contribution in [3.63, 3.8) is 0 Å². The molecular weight excluding hydrogens is 216 g/mol. The number of furan rings is 1. The molecule has 17 heavy (non-hydrogen) atoms. The highest BCUT2D eigenvalue weighted by Gasteiger charge is 2.19. The normalized spacial score (nSPS) is 15.4. The Balaban J connectivity index is 1.63. The van der Waals surface area contributed by atoms with Gasteiger partial charge < -0.3 is 15.1 Å². The van der Waals surface area contributed by atoms with Crippen LogP contribution >= 0.6 is 0 Å². The van der Waals surface area contributed by atoms with Gasteiger partial charge in [0.15, 0.2) is 0 Å². The Kier molecular flexibility index (Phi) is 3.98. The lowest BCUT2D eigenvalue weighted by Crippen LogP contribution is -2.31. The van der Waals surface area contributed by atoms with Crippen LogP contribution < -0.4 is 10.6 Å². The third-order valence-electron chi connectivity index (χ3n) is 2.59. The summed E-state index contributed by atoms with van der Waals surface area (Å²) in [6.45, 7) is 3.38. The predicted molar refractivity (Wildman–Crippen MR) is 66.5 cm³/mol. The Morgan fingerprint density at radius 1 is 1.47 bits per heavy atom. The lowest BCUT2D eigenvalue weighted by molar-refractivity contribution is -0.116. The van der Waals surface area contributed by atoms with E-state index in [1.54, 1.807) is 6.08 Å². The van der Waals surface area contributed by atoms with Crippen molar-refractivity contribution in [3.05, 3.63) is 29.7 Å². The number of aryl methyl sites for hydroxylation is 1. The minimum atomic E-state index is -0.0864. The third-order valence-corrected chi connectivity index (χ3v) is 2.59. The second kappa shape index (κ2) is 5.68. The van der Waals surface area contributed by atoms with Crippen molar-refractivity contribution in [2.75, 3.05) is 13.1 Å². The van der Waals surface area contributed by atoms with Gasteiger partial charge in [-0.15, -0.1) is 0 Å². The van der Waals surface area contributed by atoms with Gasteiger partial charge in [0.2, 0.25) is 5.91 Å². The molecule has 1 heterocycles. The molecule has 1 saturated carbocycles. The first-order valence-electron chi connectivity index (χ1n) is 6.00. The Morgan fingerprint density at radius 2 is 2.29 bits per heavy atom. The monoisotopic (exact) mass is 234 g/mol. The highest BCUT2D eigenvalue weighted by atomic mass is 16.3. The average Bonchev–Trinajstić information content (AvgIpc) is 3.04. The summed E-state index contributed by atoms with van der Waals surface area (Å²) in [5.74, 6) is 1.46. The standard InChI is InChI=1S/C13H18N2O2/c1-10-2-5-12(17-10)6-7-13(16)15-9-8-14-11-3-4-11/h2,5-7,11,14H,3-4,8-9H2,1H3,(H,15,16)/b7-6+. The van der Waals surface area contributed by atoms with E-state index in [4.69, 9.17) is 4.42 Å². The highest BCUT2D eigenvalue weighted by molar-refractivity contribution is 5.91. The van der Waals surface area contributed by atoms with Crippen molar-refractivity contribution in [2.24, 2.45) is 0 Å². The van der Waals surface area contributed by atoms with Crippen LogP contribution in [-0.2, 0) is 4.79 Å². The van der Waals surface area contributed by atoms with Gasteiger partial charge in [-0.2, -0.15) is 0 Å². The molecular formula is C13H18N2O2. The first-order chi connectivity index (χ1) is 8.24.